The number of anilines is 1. The molecule has 2 N–H and O–H groups in total. The number of ether oxygens (including phenoxy) is 1. The molecule has 5 nitrogen and oxygen atoms in total. The van der Waals surface area contributed by atoms with Gasteiger partial charge >= 0.3 is 5.97 Å². The van der Waals surface area contributed by atoms with Crippen molar-refractivity contribution < 1.29 is 9.53 Å². The number of carbonyl (C=O) groups excluding carboxylic acids is 1. The summed E-state index contributed by atoms with van der Waals surface area (Å²) >= 11 is 6.13. The maximum Gasteiger partial charge on any atom is 0.340 e. The number of nitrogens with zero attached hydrogens (tertiary/aromatic N) is 2. The van der Waals surface area contributed by atoms with E-state index in [1.165, 1.54) is 17.9 Å². The second kappa shape index (κ2) is 4.70. The van der Waals surface area contributed by atoms with Gasteiger partial charge in [-0.3, -0.25) is 0 Å². The van der Waals surface area contributed by atoms with Crippen molar-refractivity contribution in [3.8, 4) is 5.69 Å². The van der Waals surface area contributed by atoms with Crippen LogP contribution in [-0.2, 0) is 4.74 Å². The Morgan fingerprint density at radius 2 is 2.22 bits per heavy atom. The molecule has 0 aliphatic heterocycles. The number of hydrogen-bond acceptors (Lipinski definition) is 4. The Balaban J connectivity index is 2.68. The Kier molecular flexibility index (Phi) is 3.25. The maximum absolute atomic E-state index is 11.7. The van der Waals surface area contributed by atoms with E-state index in [1.807, 2.05) is 13.0 Å². The third-order valence-corrected chi connectivity index (χ3v) is 2.73. The van der Waals surface area contributed by atoms with Crippen molar-refractivity contribution in [1.82, 2.24) is 9.78 Å². The van der Waals surface area contributed by atoms with Gasteiger partial charge in [0, 0.05) is 11.9 Å². The first kappa shape index (κ1) is 12.4. The molecule has 0 bridgehead atoms. The van der Waals surface area contributed by atoms with Crippen LogP contribution in [0.15, 0.2) is 24.4 Å². The number of benzene rings is 1. The molecule has 2 aromatic rings. The quantitative estimate of drug-likeness (QED) is 0.668. The standard InChI is InChI=1S/C12H12ClN3O2/c1-7-3-4-16(15-7)11-9(12(17)18-2)5-8(14)6-10(11)13/h3-6H,14H2,1-2H3. The van der Waals surface area contributed by atoms with E-state index in [9.17, 15) is 4.79 Å². The van der Waals surface area contributed by atoms with Crippen molar-refractivity contribution in [1.29, 1.82) is 0 Å². The van der Waals surface area contributed by atoms with E-state index in [2.05, 4.69) is 5.10 Å². The molecule has 1 aromatic carbocycles. The maximum atomic E-state index is 11.7. The van der Waals surface area contributed by atoms with Gasteiger partial charge in [0.05, 0.1) is 29.1 Å². The Hall–Kier alpha value is -2.01. The van der Waals surface area contributed by atoms with Gasteiger partial charge in [-0.1, -0.05) is 11.6 Å². The Morgan fingerprint density at radius 1 is 1.50 bits per heavy atom. The second-order valence-electron chi connectivity index (χ2n) is 3.79. The predicted octanol–water partition coefficient (Wildman–Crippen LogP) is 2.20. The molecule has 0 saturated carbocycles. The topological polar surface area (TPSA) is 70.1 Å². The van der Waals surface area contributed by atoms with E-state index in [-0.39, 0.29) is 5.56 Å². The summed E-state index contributed by atoms with van der Waals surface area (Å²) in [5.74, 6) is -0.507. The van der Waals surface area contributed by atoms with Crippen molar-refractivity contribution in [3.05, 3.63) is 40.7 Å². The van der Waals surface area contributed by atoms with E-state index >= 15 is 0 Å². The largest absolute Gasteiger partial charge is 0.465 e. The van der Waals surface area contributed by atoms with Crippen molar-refractivity contribution >= 4 is 23.3 Å². The Labute approximate surface area is 109 Å². The monoisotopic (exact) mass is 265 g/mol. The molecule has 0 aliphatic carbocycles. The summed E-state index contributed by atoms with van der Waals surface area (Å²) in [7, 11) is 1.30. The number of hydrogen-bond donors (Lipinski definition) is 1. The van der Waals surface area contributed by atoms with Crippen LogP contribution in [0.1, 0.15) is 16.1 Å². The molecular formula is C12H12ClN3O2. The Bertz CT molecular complexity index is 607. The van der Waals surface area contributed by atoms with Crippen molar-refractivity contribution in [2.75, 3.05) is 12.8 Å². The van der Waals surface area contributed by atoms with Gasteiger partial charge in [0.25, 0.3) is 0 Å². The average molecular weight is 266 g/mol. The van der Waals surface area contributed by atoms with Crippen molar-refractivity contribution in [2.45, 2.75) is 6.92 Å². The summed E-state index contributed by atoms with van der Waals surface area (Å²) in [6.45, 7) is 1.85. The molecular weight excluding hydrogens is 254 g/mol. The molecule has 0 atom stereocenters. The molecule has 94 valence electrons. The predicted molar refractivity (Wildman–Crippen MR) is 69.1 cm³/mol. The van der Waals surface area contributed by atoms with Crippen LogP contribution in [0.5, 0.6) is 0 Å². The summed E-state index contributed by atoms with van der Waals surface area (Å²) in [4.78, 5) is 11.7. The van der Waals surface area contributed by atoms with E-state index in [1.54, 1.807) is 12.3 Å². The lowest BCUT2D eigenvalue weighted by molar-refractivity contribution is 0.0600. The zero-order valence-corrected chi connectivity index (χ0v) is 10.7. The summed E-state index contributed by atoms with van der Waals surface area (Å²) in [5.41, 5.74) is 7.64. The van der Waals surface area contributed by atoms with E-state index < -0.39 is 5.97 Å². The number of aryl methyl sites for hydroxylation is 1. The number of rotatable bonds is 2. The molecule has 1 aromatic heterocycles. The van der Waals surface area contributed by atoms with Gasteiger partial charge in [0.1, 0.15) is 0 Å². The molecule has 0 saturated heterocycles. The van der Waals surface area contributed by atoms with Crippen LogP contribution in [0.25, 0.3) is 5.69 Å². The number of nitrogens with two attached hydrogens (primary N) is 1. The number of halogens is 1. The lowest BCUT2D eigenvalue weighted by atomic mass is 10.1. The van der Waals surface area contributed by atoms with Crippen molar-refractivity contribution in [3.63, 3.8) is 0 Å². The molecule has 0 spiro atoms. The molecule has 0 aliphatic rings. The van der Waals surface area contributed by atoms with Gasteiger partial charge in [-0.2, -0.15) is 5.10 Å². The van der Waals surface area contributed by atoms with Crippen LogP contribution in [0.4, 0.5) is 5.69 Å². The highest BCUT2D eigenvalue weighted by Gasteiger charge is 2.18. The van der Waals surface area contributed by atoms with Crippen LogP contribution in [0.3, 0.4) is 0 Å². The fourth-order valence-corrected chi connectivity index (χ4v) is 1.97. The molecule has 0 amide bonds. The lowest BCUT2D eigenvalue weighted by Crippen LogP contribution is -2.10. The molecule has 18 heavy (non-hydrogen) atoms. The number of carbonyl (C=O) groups is 1. The smallest absolute Gasteiger partial charge is 0.340 e. The average Bonchev–Trinajstić information content (AvgIpc) is 2.73. The number of aromatic nitrogens is 2. The van der Waals surface area contributed by atoms with Crippen LogP contribution >= 0.6 is 11.6 Å². The van der Waals surface area contributed by atoms with Crippen molar-refractivity contribution in [2.24, 2.45) is 0 Å². The van der Waals surface area contributed by atoms with Gasteiger partial charge < -0.3 is 10.5 Å². The molecule has 0 fully saturated rings. The summed E-state index contributed by atoms with van der Waals surface area (Å²) < 4.78 is 6.25. The van der Waals surface area contributed by atoms with Crippen LogP contribution in [-0.4, -0.2) is 22.9 Å². The number of esters is 1. The minimum absolute atomic E-state index is 0.283. The zero-order chi connectivity index (χ0) is 13.3. The zero-order valence-electron chi connectivity index (χ0n) is 9.98. The first-order valence-electron chi connectivity index (χ1n) is 5.23. The van der Waals surface area contributed by atoms with Gasteiger partial charge in [-0.05, 0) is 25.1 Å². The van der Waals surface area contributed by atoms with Gasteiger partial charge in [-0.25, -0.2) is 9.48 Å². The highest BCUT2D eigenvalue weighted by Crippen LogP contribution is 2.28. The molecule has 2 rings (SSSR count). The third kappa shape index (κ3) is 2.17. The van der Waals surface area contributed by atoms with E-state index in [4.69, 9.17) is 22.1 Å². The normalized spacial score (nSPS) is 10.4. The van der Waals surface area contributed by atoms with Gasteiger partial charge in [-0.15, -0.1) is 0 Å². The summed E-state index contributed by atoms with van der Waals surface area (Å²) in [6.07, 6.45) is 1.72. The van der Waals surface area contributed by atoms with Crippen LogP contribution < -0.4 is 5.73 Å². The fraction of sp³-hybridized carbons (Fsp3) is 0.167. The third-order valence-electron chi connectivity index (χ3n) is 2.44. The molecule has 0 radical (unpaired) electrons. The lowest BCUT2D eigenvalue weighted by Gasteiger charge is -2.11. The SMILES string of the molecule is COC(=O)c1cc(N)cc(Cl)c1-n1ccc(C)n1. The van der Waals surface area contributed by atoms with Gasteiger partial charge in [0.2, 0.25) is 0 Å². The highest BCUT2D eigenvalue weighted by atomic mass is 35.5. The molecule has 0 unspecified atom stereocenters. The van der Waals surface area contributed by atoms with Crippen LogP contribution in [0, 0.1) is 6.92 Å². The summed E-state index contributed by atoms with van der Waals surface area (Å²) in [6, 6.07) is 4.90. The molecule has 6 heteroatoms. The molecule has 1 heterocycles. The first-order valence-corrected chi connectivity index (χ1v) is 5.60. The van der Waals surface area contributed by atoms with E-state index in [0.717, 1.165) is 5.69 Å². The van der Waals surface area contributed by atoms with Gasteiger partial charge in [0.15, 0.2) is 0 Å². The fourth-order valence-electron chi connectivity index (χ4n) is 1.66. The van der Waals surface area contributed by atoms with Crippen LogP contribution in [0.2, 0.25) is 5.02 Å². The number of nitrogen functional groups attached to an aromatic ring is 1. The second-order valence-corrected chi connectivity index (χ2v) is 4.20. The number of methoxy groups -OCH3 is 1. The minimum atomic E-state index is -0.507. The summed E-state index contributed by atoms with van der Waals surface area (Å²) in [5, 5.41) is 4.58. The minimum Gasteiger partial charge on any atom is -0.465 e. The Morgan fingerprint density at radius 3 is 2.78 bits per heavy atom. The first-order chi connectivity index (χ1) is 8.52. The highest BCUT2D eigenvalue weighted by molar-refractivity contribution is 6.33. The van der Waals surface area contributed by atoms with E-state index in [0.29, 0.717) is 16.4 Å².